The summed E-state index contributed by atoms with van der Waals surface area (Å²) in [5, 5.41) is 0. The Morgan fingerprint density at radius 2 is 1.54 bits per heavy atom. The summed E-state index contributed by atoms with van der Waals surface area (Å²) < 4.78 is 39.8. The minimum absolute atomic E-state index is 0. The molecular weight excluding hydrogens is 408 g/mol. The van der Waals surface area contributed by atoms with E-state index in [-0.39, 0.29) is 24.8 Å². The Morgan fingerprint density at radius 3 is 2.21 bits per heavy atom. The van der Waals surface area contributed by atoms with E-state index in [0.29, 0.717) is 30.0 Å². The van der Waals surface area contributed by atoms with Crippen LogP contribution in [0.4, 0.5) is 13.2 Å². The molecule has 2 heterocycles. The summed E-state index contributed by atoms with van der Waals surface area (Å²) in [5.41, 5.74) is 1.18. The average molecular weight is 433 g/mol. The number of benzene rings is 2. The van der Waals surface area contributed by atoms with Gasteiger partial charge in [0.25, 0.3) is 0 Å². The minimum atomic E-state index is -4.29. The summed E-state index contributed by atoms with van der Waals surface area (Å²) >= 11 is 0. The molecule has 4 rings (SSSR count). The van der Waals surface area contributed by atoms with Crippen molar-refractivity contribution < 1.29 is 13.2 Å². The molecule has 3 atom stereocenters. The fraction of sp³-hybridized carbons (Fsp3) is 0.429. The fourth-order valence-corrected chi connectivity index (χ4v) is 4.81. The molecule has 154 valence electrons. The van der Waals surface area contributed by atoms with E-state index >= 15 is 0 Å². The second-order valence-corrected chi connectivity index (χ2v) is 7.57. The molecule has 0 aromatic heterocycles. The number of likely N-dealkylation sites (tertiary alicyclic amines) is 2. The van der Waals surface area contributed by atoms with Gasteiger partial charge in [0.05, 0.1) is 5.56 Å². The summed E-state index contributed by atoms with van der Waals surface area (Å²) in [6.45, 7) is 3.08. The number of hydrogen-bond donors (Lipinski definition) is 0. The molecule has 2 aromatic rings. The molecule has 0 N–H and O–H groups in total. The SMILES string of the molecule is CN1C[C@H]2CN(Cc3ccccc3C(F)(F)F)C[C@H]2[C@@H]1c1ccccc1.Cl.Cl. The third-order valence-corrected chi connectivity index (χ3v) is 5.83. The molecule has 0 aliphatic carbocycles. The molecule has 0 amide bonds. The number of fused-ring (bicyclic) bond motifs is 1. The van der Waals surface area contributed by atoms with E-state index in [9.17, 15) is 13.2 Å². The van der Waals surface area contributed by atoms with E-state index in [4.69, 9.17) is 0 Å². The van der Waals surface area contributed by atoms with Crippen molar-refractivity contribution in [1.82, 2.24) is 9.80 Å². The van der Waals surface area contributed by atoms with E-state index in [1.807, 2.05) is 6.07 Å². The first-order valence-electron chi connectivity index (χ1n) is 9.06. The van der Waals surface area contributed by atoms with Crippen molar-refractivity contribution in [3.05, 3.63) is 71.3 Å². The first-order chi connectivity index (χ1) is 12.4. The van der Waals surface area contributed by atoms with Crippen molar-refractivity contribution in [3.8, 4) is 0 Å². The van der Waals surface area contributed by atoms with Gasteiger partial charge in [-0.3, -0.25) is 9.80 Å². The monoisotopic (exact) mass is 432 g/mol. The van der Waals surface area contributed by atoms with Crippen molar-refractivity contribution >= 4 is 24.8 Å². The Morgan fingerprint density at radius 1 is 0.893 bits per heavy atom. The van der Waals surface area contributed by atoms with Crippen LogP contribution in [0.25, 0.3) is 0 Å². The van der Waals surface area contributed by atoms with Crippen molar-refractivity contribution in [1.29, 1.82) is 0 Å². The second kappa shape index (κ2) is 9.04. The quantitative estimate of drug-likeness (QED) is 0.650. The first kappa shape index (κ1) is 23.0. The predicted octanol–water partition coefficient (Wildman–Crippen LogP) is 5.28. The second-order valence-electron chi connectivity index (χ2n) is 7.57. The molecule has 7 heteroatoms. The van der Waals surface area contributed by atoms with Gasteiger partial charge in [-0.1, -0.05) is 48.5 Å². The largest absolute Gasteiger partial charge is 0.416 e. The lowest BCUT2D eigenvalue weighted by molar-refractivity contribution is -0.138. The normalized spacial score (nSPS) is 25.1. The molecule has 28 heavy (non-hydrogen) atoms. The molecule has 0 radical (unpaired) electrons. The van der Waals surface area contributed by atoms with Crippen LogP contribution in [-0.4, -0.2) is 36.5 Å². The van der Waals surface area contributed by atoms with Crippen molar-refractivity contribution in [2.24, 2.45) is 11.8 Å². The lowest BCUT2D eigenvalue weighted by atomic mass is 9.90. The zero-order valence-electron chi connectivity index (χ0n) is 15.6. The maximum absolute atomic E-state index is 13.3. The van der Waals surface area contributed by atoms with Crippen LogP contribution in [0, 0.1) is 11.8 Å². The van der Waals surface area contributed by atoms with Gasteiger partial charge in [-0.2, -0.15) is 13.2 Å². The average Bonchev–Trinajstić information content (AvgIpc) is 3.10. The van der Waals surface area contributed by atoms with E-state index in [1.165, 1.54) is 17.7 Å². The maximum atomic E-state index is 13.3. The number of hydrogen-bond acceptors (Lipinski definition) is 2. The van der Waals surface area contributed by atoms with Crippen molar-refractivity contribution in [3.63, 3.8) is 0 Å². The molecule has 2 aliphatic rings. The zero-order valence-corrected chi connectivity index (χ0v) is 17.2. The van der Waals surface area contributed by atoms with Gasteiger partial charge in [0.15, 0.2) is 0 Å². The van der Waals surface area contributed by atoms with E-state index in [2.05, 4.69) is 41.1 Å². The van der Waals surface area contributed by atoms with Crippen LogP contribution in [0.1, 0.15) is 22.7 Å². The van der Waals surface area contributed by atoms with E-state index in [0.717, 1.165) is 19.6 Å². The van der Waals surface area contributed by atoms with Gasteiger partial charge < -0.3 is 0 Å². The van der Waals surface area contributed by atoms with Crippen LogP contribution in [-0.2, 0) is 12.7 Å². The summed E-state index contributed by atoms with van der Waals surface area (Å²) in [6, 6.07) is 16.8. The van der Waals surface area contributed by atoms with Gasteiger partial charge in [-0.05, 0) is 36.1 Å². The molecule has 2 aliphatic heterocycles. The Labute approximate surface area is 176 Å². The Bertz CT molecular complexity index is 770. The lowest BCUT2D eigenvalue weighted by Gasteiger charge is -2.27. The standard InChI is InChI=1S/C21H23F3N2.2ClH/c1-25-11-17-13-26(12-16-9-5-6-10-19(16)21(22,23)24)14-18(17)20(25)15-7-3-2-4-8-15;;/h2-10,17-18,20H,11-14H2,1H3;2*1H/t17-,18+,20-;;/m0../s1. The predicted molar refractivity (Wildman–Crippen MR) is 110 cm³/mol. The first-order valence-corrected chi connectivity index (χ1v) is 9.06. The van der Waals surface area contributed by atoms with Gasteiger partial charge in [-0.15, -0.1) is 24.8 Å². The number of alkyl halides is 3. The lowest BCUT2D eigenvalue weighted by Crippen LogP contribution is -2.29. The highest BCUT2D eigenvalue weighted by molar-refractivity contribution is 5.85. The molecular formula is C21H25Cl2F3N2. The Hall–Kier alpha value is -1.27. The Kier molecular flexibility index (Phi) is 7.43. The van der Waals surface area contributed by atoms with Crippen LogP contribution >= 0.6 is 24.8 Å². The Balaban J connectivity index is 0.00000140. The summed E-state index contributed by atoms with van der Waals surface area (Å²) in [4.78, 5) is 4.59. The smallest absolute Gasteiger partial charge is 0.299 e. The van der Waals surface area contributed by atoms with Gasteiger partial charge in [0, 0.05) is 32.2 Å². The molecule has 0 spiro atoms. The fourth-order valence-electron chi connectivity index (χ4n) is 4.81. The number of halogens is 5. The summed E-state index contributed by atoms with van der Waals surface area (Å²) in [7, 11) is 2.15. The van der Waals surface area contributed by atoms with Gasteiger partial charge in [0.2, 0.25) is 0 Å². The topological polar surface area (TPSA) is 6.48 Å². The minimum Gasteiger partial charge on any atom is -0.299 e. The van der Waals surface area contributed by atoms with Gasteiger partial charge in [-0.25, -0.2) is 0 Å². The summed E-state index contributed by atoms with van der Waals surface area (Å²) in [6.07, 6.45) is -4.29. The maximum Gasteiger partial charge on any atom is 0.416 e. The van der Waals surface area contributed by atoms with E-state index in [1.54, 1.807) is 12.1 Å². The van der Waals surface area contributed by atoms with Crippen molar-refractivity contribution in [2.45, 2.75) is 18.8 Å². The molecule has 2 aromatic carbocycles. The molecule has 2 saturated heterocycles. The van der Waals surface area contributed by atoms with Crippen LogP contribution in [0.2, 0.25) is 0 Å². The highest BCUT2D eigenvalue weighted by Crippen LogP contribution is 2.44. The van der Waals surface area contributed by atoms with Gasteiger partial charge in [0.1, 0.15) is 0 Å². The van der Waals surface area contributed by atoms with Crippen LogP contribution in [0.3, 0.4) is 0 Å². The van der Waals surface area contributed by atoms with Crippen LogP contribution < -0.4 is 0 Å². The molecule has 0 unspecified atom stereocenters. The third kappa shape index (κ3) is 4.48. The number of nitrogens with zero attached hydrogens (tertiary/aromatic N) is 2. The molecule has 0 bridgehead atoms. The highest BCUT2D eigenvalue weighted by atomic mass is 35.5. The number of rotatable bonds is 3. The van der Waals surface area contributed by atoms with Gasteiger partial charge >= 0.3 is 6.18 Å². The van der Waals surface area contributed by atoms with E-state index < -0.39 is 11.7 Å². The van der Waals surface area contributed by atoms with Crippen molar-refractivity contribution in [2.75, 3.05) is 26.7 Å². The highest BCUT2D eigenvalue weighted by Gasteiger charge is 2.46. The summed E-state index contributed by atoms with van der Waals surface area (Å²) in [5.74, 6) is 0.990. The molecule has 2 nitrogen and oxygen atoms in total. The molecule has 0 saturated carbocycles. The zero-order chi connectivity index (χ0) is 18.3. The van der Waals surface area contributed by atoms with Crippen LogP contribution in [0.5, 0.6) is 0 Å². The van der Waals surface area contributed by atoms with Crippen LogP contribution in [0.15, 0.2) is 54.6 Å². The molecule has 2 fully saturated rings. The third-order valence-electron chi connectivity index (χ3n) is 5.83.